The number of nitrogens with one attached hydrogen (secondary N) is 1. The highest BCUT2D eigenvalue weighted by molar-refractivity contribution is 7.85. The molecule has 1 fully saturated rings. The highest BCUT2D eigenvalue weighted by Crippen LogP contribution is 2.32. The molecule has 2 nitrogen and oxygen atoms in total. The molecule has 106 valence electrons. The van der Waals surface area contributed by atoms with Crippen LogP contribution in [0.1, 0.15) is 33.1 Å². The van der Waals surface area contributed by atoms with Crippen LogP contribution < -0.4 is 5.32 Å². The van der Waals surface area contributed by atoms with E-state index < -0.39 is 10.8 Å². The van der Waals surface area contributed by atoms with Gasteiger partial charge in [-0.3, -0.25) is 4.21 Å². The van der Waals surface area contributed by atoms with Gasteiger partial charge in [-0.2, -0.15) is 0 Å². The Morgan fingerprint density at radius 1 is 1.32 bits per heavy atom. The minimum atomic E-state index is -0.922. The van der Waals surface area contributed by atoms with Crippen LogP contribution >= 0.6 is 11.6 Å². The van der Waals surface area contributed by atoms with Crippen LogP contribution in [0.5, 0.6) is 0 Å². The van der Waals surface area contributed by atoms with Crippen molar-refractivity contribution in [2.45, 2.75) is 49.3 Å². The van der Waals surface area contributed by atoms with Crippen LogP contribution in [0.3, 0.4) is 0 Å². The Kier molecular flexibility index (Phi) is 5.43. The van der Waals surface area contributed by atoms with Gasteiger partial charge in [-0.15, -0.1) is 0 Å². The predicted octanol–water partition coefficient (Wildman–Crippen LogP) is 3.61. The van der Waals surface area contributed by atoms with Crippen LogP contribution in [-0.2, 0) is 10.8 Å². The molecule has 1 aliphatic carbocycles. The average Bonchev–Trinajstić information content (AvgIpc) is 2.78. The van der Waals surface area contributed by atoms with Crippen molar-refractivity contribution < 1.29 is 4.21 Å². The van der Waals surface area contributed by atoms with Gasteiger partial charge in [-0.25, -0.2) is 0 Å². The summed E-state index contributed by atoms with van der Waals surface area (Å²) in [6.07, 6.45) is 3.32. The van der Waals surface area contributed by atoms with Crippen molar-refractivity contribution in [3.8, 4) is 0 Å². The normalized spacial score (nSPS) is 28.5. The predicted molar refractivity (Wildman–Crippen MR) is 82.1 cm³/mol. The van der Waals surface area contributed by atoms with E-state index >= 15 is 0 Å². The molecule has 19 heavy (non-hydrogen) atoms. The van der Waals surface area contributed by atoms with Gasteiger partial charge < -0.3 is 5.32 Å². The Bertz CT molecular complexity index is 434. The molecule has 1 aliphatic rings. The molecule has 0 spiro atoms. The maximum atomic E-state index is 12.6. The van der Waals surface area contributed by atoms with E-state index in [1.54, 1.807) is 0 Å². The fraction of sp³-hybridized carbons (Fsp3) is 0.600. The van der Waals surface area contributed by atoms with Crippen molar-refractivity contribution in [1.29, 1.82) is 0 Å². The van der Waals surface area contributed by atoms with Crippen LogP contribution in [0.4, 0.5) is 0 Å². The summed E-state index contributed by atoms with van der Waals surface area (Å²) in [6, 6.07) is 7.93. The third kappa shape index (κ3) is 3.59. The molecule has 0 heterocycles. The molecule has 1 aromatic rings. The summed E-state index contributed by atoms with van der Waals surface area (Å²) in [5.41, 5.74) is 0. The fourth-order valence-corrected chi connectivity index (χ4v) is 4.60. The van der Waals surface area contributed by atoms with Crippen LogP contribution in [0, 0.1) is 5.92 Å². The van der Waals surface area contributed by atoms with E-state index in [1.807, 2.05) is 24.3 Å². The Labute approximate surface area is 123 Å². The summed E-state index contributed by atoms with van der Waals surface area (Å²) in [6.45, 7) is 5.45. The summed E-state index contributed by atoms with van der Waals surface area (Å²) in [5, 5.41) is 4.53. The minimum Gasteiger partial charge on any atom is -0.314 e. The van der Waals surface area contributed by atoms with Crippen molar-refractivity contribution in [2.24, 2.45) is 5.92 Å². The molecule has 0 radical (unpaired) electrons. The van der Waals surface area contributed by atoms with Gasteiger partial charge in [0.25, 0.3) is 0 Å². The second kappa shape index (κ2) is 6.87. The maximum Gasteiger partial charge on any atom is 0.0564 e. The first-order valence-electron chi connectivity index (χ1n) is 7.03. The van der Waals surface area contributed by atoms with E-state index in [-0.39, 0.29) is 5.25 Å². The molecule has 4 unspecified atom stereocenters. The van der Waals surface area contributed by atoms with Gasteiger partial charge in [-0.1, -0.05) is 25.4 Å². The topological polar surface area (TPSA) is 29.1 Å². The van der Waals surface area contributed by atoms with Crippen molar-refractivity contribution >= 4 is 22.4 Å². The number of benzene rings is 1. The molecule has 1 saturated carbocycles. The van der Waals surface area contributed by atoms with Crippen molar-refractivity contribution in [3.05, 3.63) is 29.3 Å². The molecule has 0 aliphatic heterocycles. The summed E-state index contributed by atoms with van der Waals surface area (Å²) < 4.78 is 12.6. The molecule has 1 N–H and O–H groups in total. The Balaban J connectivity index is 2.02. The molecule has 0 saturated heterocycles. The number of rotatable bonds is 5. The molecule has 0 bridgehead atoms. The SMILES string of the molecule is CCCNC1CCC(S(=O)c2ccc(Cl)cc2)C1C. The molecule has 4 heteroatoms. The van der Waals surface area contributed by atoms with Gasteiger partial charge in [0.15, 0.2) is 0 Å². The lowest BCUT2D eigenvalue weighted by atomic mass is 10.1. The molecular weight excluding hydrogens is 278 g/mol. The zero-order valence-corrected chi connectivity index (χ0v) is 13.1. The minimum absolute atomic E-state index is 0.260. The van der Waals surface area contributed by atoms with E-state index in [0.717, 1.165) is 30.7 Å². The first-order valence-corrected chi connectivity index (χ1v) is 8.62. The largest absolute Gasteiger partial charge is 0.314 e. The highest BCUT2D eigenvalue weighted by atomic mass is 35.5. The summed E-state index contributed by atoms with van der Waals surface area (Å²) in [7, 11) is -0.922. The van der Waals surface area contributed by atoms with Gasteiger partial charge >= 0.3 is 0 Å². The molecular formula is C15H22ClNOS. The van der Waals surface area contributed by atoms with E-state index in [1.165, 1.54) is 0 Å². The smallest absolute Gasteiger partial charge is 0.0564 e. The van der Waals surface area contributed by atoms with Gasteiger partial charge in [0.1, 0.15) is 0 Å². The highest BCUT2D eigenvalue weighted by Gasteiger charge is 2.36. The van der Waals surface area contributed by atoms with Crippen LogP contribution in [-0.4, -0.2) is 22.0 Å². The monoisotopic (exact) mass is 299 g/mol. The Hall–Kier alpha value is -0.380. The lowest BCUT2D eigenvalue weighted by Crippen LogP contribution is -2.35. The number of hydrogen-bond donors (Lipinski definition) is 1. The third-order valence-electron chi connectivity index (χ3n) is 3.96. The van der Waals surface area contributed by atoms with Crippen LogP contribution in [0.15, 0.2) is 29.2 Å². The zero-order chi connectivity index (χ0) is 13.8. The average molecular weight is 300 g/mol. The van der Waals surface area contributed by atoms with Gasteiger partial charge in [0.05, 0.1) is 10.8 Å². The van der Waals surface area contributed by atoms with E-state index in [4.69, 9.17) is 11.6 Å². The molecule has 2 rings (SSSR count). The molecule has 4 atom stereocenters. The van der Waals surface area contributed by atoms with Crippen molar-refractivity contribution in [3.63, 3.8) is 0 Å². The second-order valence-corrected chi connectivity index (χ2v) is 7.40. The van der Waals surface area contributed by atoms with Crippen molar-refractivity contribution in [2.75, 3.05) is 6.54 Å². The van der Waals surface area contributed by atoms with E-state index in [2.05, 4.69) is 19.2 Å². The quantitative estimate of drug-likeness (QED) is 0.900. The molecule has 0 amide bonds. The second-order valence-electron chi connectivity index (χ2n) is 5.29. The maximum absolute atomic E-state index is 12.6. The number of halogens is 1. The number of hydrogen-bond acceptors (Lipinski definition) is 2. The Morgan fingerprint density at radius 3 is 2.63 bits per heavy atom. The first-order chi connectivity index (χ1) is 9.13. The first kappa shape index (κ1) is 15.0. The molecule has 1 aromatic carbocycles. The summed E-state index contributed by atoms with van der Waals surface area (Å²) >= 11 is 5.88. The summed E-state index contributed by atoms with van der Waals surface area (Å²) in [5.74, 6) is 0.461. The van der Waals surface area contributed by atoms with E-state index in [9.17, 15) is 4.21 Å². The fourth-order valence-electron chi connectivity index (χ4n) is 2.79. The lowest BCUT2D eigenvalue weighted by Gasteiger charge is -2.21. The Morgan fingerprint density at radius 2 is 2.00 bits per heavy atom. The van der Waals surface area contributed by atoms with E-state index in [0.29, 0.717) is 17.0 Å². The van der Waals surface area contributed by atoms with Gasteiger partial charge in [0.2, 0.25) is 0 Å². The van der Waals surface area contributed by atoms with Crippen molar-refractivity contribution in [1.82, 2.24) is 5.32 Å². The van der Waals surface area contributed by atoms with Crippen LogP contribution in [0.2, 0.25) is 5.02 Å². The van der Waals surface area contributed by atoms with Gasteiger partial charge in [0, 0.05) is 21.2 Å². The molecule has 0 aromatic heterocycles. The lowest BCUT2D eigenvalue weighted by molar-refractivity contribution is 0.429. The van der Waals surface area contributed by atoms with Gasteiger partial charge in [-0.05, 0) is 56.0 Å². The summed E-state index contributed by atoms with van der Waals surface area (Å²) in [4.78, 5) is 0.900. The standard InChI is InChI=1S/C15H22ClNOS/c1-3-10-17-14-8-9-15(11(14)2)19(18)13-6-4-12(16)5-7-13/h4-7,11,14-15,17H,3,8-10H2,1-2H3. The van der Waals surface area contributed by atoms with Crippen LogP contribution in [0.25, 0.3) is 0 Å². The zero-order valence-electron chi connectivity index (χ0n) is 11.6. The third-order valence-corrected chi connectivity index (χ3v) is 6.16.